The largest absolute Gasteiger partial charge is 0.459 e. The van der Waals surface area contributed by atoms with Crippen molar-refractivity contribution < 1.29 is 85.9 Å². The van der Waals surface area contributed by atoms with Gasteiger partial charge in [-0.1, -0.05) is 72.8 Å². The molecule has 0 amide bonds. The molecule has 0 aliphatic carbocycles. The van der Waals surface area contributed by atoms with Crippen molar-refractivity contribution >= 4 is 40.4 Å². The van der Waals surface area contributed by atoms with Crippen molar-refractivity contribution in [2.75, 3.05) is 19.8 Å². The van der Waals surface area contributed by atoms with E-state index in [9.17, 15) is 44.2 Å². The Kier molecular flexibility index (Phi) is 18.5. The van der Waals surface area contributed by atoms with Gasteiger partial charge in [0.25, 0.3) is 0 Å². The first-order chi connectivity index (χ1) is 45.8. The number of aryl methyl sites for hydroxylation is 3. The van der Waals surface area contributed by atoms with E-state index in [1.54, 1.807) is 136 Å². The summed E-state index contributed by atoms with van der Waals surface area (Å²) in [6.45, 7) is 6.90. The Morgan fingerprint density at radius 1 is 0.490 bits per heavy atom. The number of carbonyl (C=O) groups excluding carboxylic acids is 4. The number of alkyl halides is 3. The highest BCUT2D eigenvalue weighted by molar-refractivity contribution is 5.91. The molecule has 28 heteroatoms. The molecule has 0 radical (unpaired) electrons. The maximum Gasteiger partial charge on any atom is 0.338 e. The van der Waals surface area contributed by atoms with E-state index in [0.29, 0.717) is 33.6 Å². The summed E-state index contributed by atoms with van der Waals surface area (Å²) in [5.74, 6) is -8.01. The number of hydrogen-bond acceptors (Lipinski definition) is 22. The molecule has 9 heterocycles. The van der Waals surface area contributed by atoms with Crippen LogP contribution >= 0.6 is 0 Å². The fourth-order valence-corrected chi connectivity index (χ4v) is 11.8. The van der Waals surface area contributed by atoms with Crippen LogP contribution in [0.15, 0.2) is 177 Å². The molecular formula is C68H63F3N10O15. The molecule has 3 aliphatic heterocycles. The van der Waals surface area contributed by atoms with Crippen molar-refractivity contribution in [3.8, 4) is 6.07 Å². The second-order valence-electron chi connectivity index (χ2n) is 23.3. The molecule has 6 aromatic heterocycles. The molecule has 12 atom stereocenters. The van der Waals surface area contributed by atoms with Gasteiger partial charge in [-0.25, -0.2) is 60.8 Å². The topological polar surface area (TPSA) is 328 Å². The number of aliphatic hydroxyl groups is 4. The summed E-state index contributed by atoms with van der Waals surface area (Å²) in [6, 6.07) is 43.9. The summed E-state index contributed by atoms with van der Waals surface area (Å²) in [5.41, 5.74) is -5.47. The molecular weight excluding hydrogens is 1250 g/mol. The molecule has 96 heavy (non-hydrogen) atoms. The summed E-state index contributed by atoms with van der Waals surface area (Å²) >= 11 is 0. The summed E-state index contributed by atoms with van der Waals surface area (Å²) in [6.07, 6.45) is -4.94. The van der Waals surface area contributed by atoms with Gasteiger partial charge in [0.05, 0.1) is 68.2 Å². The summed E-state index contributed by atoms with van der Waals surface area (Å²) < 4.78 is 91.6. The number of esters is 4. The van der Waals surface area contributed by atoms with E-state index >= 15 is 8.78 Å². The van der Waals surface area contributed by atoms with Gasteiger partial charge >= 0.3 is 23.9 Å². The molecule has 3 fully saturated rings. The Hall–Kier alpha value is -10.4. The lowest BCUT2D eigenvalue weighted by molar-refractivity contribution is -0.256. The normalized spacial score (nSPS) is 27.4. The number of nitriles is 1. The molecule has 4 aromatic carbocycles. The first-order valence-corrected chi connectivity index (χ1v) is 29.9. The number of halogens is 3. The Labute approximate surface area is 544 Å². The molecule has 3 aliphatic rings. The molecule has 25 nitrogen and oxygen atoms in total. The van der Waals surface area contributed by atoms with Crippen LogP contribution in [0.25, 0.3) is 16.6 Å². The summed E-state index contributed by atoms with van der Waals surface area (Å²) in [4.78, 5) is 63.3. The van der Waals surface area contributed by atoms with Gasteiger partial charge in [0, 0.05) is 0 Å². The van der Waals surface area contributed by atoms with Crippen molar-refractivity contribution in [2.24, 2.45) is 0 Å². The number of nitrogens with zero attached hydrogens (tertiary/aromatic N) is 10. The minimum atomic E-state index is -2.67. The van der Waals surface area contributed by atoms with Crippen molar-refractivity contribution in [1.82, 2.24) is 43.8 Å². The molecule has 0 spiro atoms. The Morgan fingerprint density at radius 3 is 1.20 bits per heavy atom. The summed E-state index contributed by atoms with van der Waals surface area (Å²) in [7, 11) is 0. The van der Waals surface area contributed by atoms with Crippen molar-refractivity contribution in [1.29, 1.82) is 5.26 Å². The minimum absolute atomic E-state index is 0.0306. The highest BCUT2D eigenvalue weighted by Crippen LogP contribution is 2.53. The van der Waals surface area contributed by atoms with Gasteiger partial charge in [-0.05, 0) is 126 Å². The Balaban J connectivity index is 0.000000152. The molecule has 0 saturated carbocycles. The molecule has 10 aromatic rings. The third kappa shape index (κ3) is 11.8. The second kappa shape index (κ2) is 26.4. The number of aliphatic hydroxyl groups excluding tert-OH is 2. The van der Waals surface area contributed by atoms with Gasteiger partial charge in [0.1, 0.15) is 74.1 Å². The number of ether oxygens (including phenoxy) is 7. The van der Waals surface area contributed by atoms with E-state index in [1.165, 1.54) is 75.0 Å². The average molecular weight is 1320 g/mol. The zero-order chi connectivity index (χ0) is 68.5. The number of benzene rings is 4. The second-order valence-corrected chi connectivity index (χ2v) is 23.3. The predicted molar refractivity (Wildman–Crippen MR) is 329 cm³/mol. The maximum absolute atomic E-state index is 16.9. The van der Waals surface area contributed by atoms with Crippen LogP contribution in [-0.2, 0) is 50.3 Å². The van der Waals surface area contributed by atoms with Crippen molar-refractivity contribution in [3.63, 3.8) is 0 Å². The lowest BCUT2D eigenvalue weighted by Gasteiger charge is -2.32. The lowest BCUT2D eigenvalue weighted by atomic mass is 9.81. The standard InChI is InChI=1S/C28H23FN4O5.C27H24FN3O6.C13H16FN3O4/c1-18-21-13-14-23(33(21)32-17-31-18)28(16-30)27(2,29)24(37-26(35)20-11-7-4-8-12-20)22(38-28)15-36-25(34)19-9-5-3-6-10-19;1-17-20-13-14-22(31(20)30-16-29-17)27(34)26(2,28)23(36-25(33)19-11-7-4-8-12-19)21(37-27)15-35-24(32)18-9-5-3-6-10-18;1-7-8-3-4-10(17(8)16-6-15-7)13(20)12(2,14)11(19)9(5-18)21-13/h3-14,17,22,24H,15H2,1-2H3;3-14,16,21,23,34H,15H2,1-2H3;3-4,6,9,11,18-20H,5H2,1-2H3/t22-,24-,27-,28+;21-,23-,26-,27+;9-,11-,12-,13+/m111/s1. The maximum atomic E-state index is 16.9. The third-order valence-corrected chi connectivity index (χ3v) is 17.2. The highest BCUT2D eigenvalue weighted by Gasteiger charge is 2.71. The number of aromatic nitrogens is 9. The zero-order valence-electron chi connectivity index (χ0n) is 52.2. The van der Waals surface area contributed by atoms with Crippen molar-refractivity contribution in [2.45, 2.75) is 112 Å². The van der Waals surface area contributed by atoms with Gasteiger partial charge in [0.2, 0.25) is 22.8 Å². The van der Waals surface area contributed by atoms with Crippen LogP contribution in [0.4, 0.5) is 13.2 Å². The zero-order valence-corrected chi connectivity index (χ0v) is 52.2. The van der Waals surface area contributed by atoms with E-state index in [-0.39, 0.29) is 39.3 Å². The first-order valence-electron chi connectivity index (χ1n) is 29.9. The molecule has 496 valence electrons. The van der Waals surface area contributed by atoms with Crippen LogP contribution in [0.2, 0.25) is 0 Å². The lowest BCUT2D eigenvalue weighted by Crippen LogP contribution is -2.51. The van der Waals surface area contributed by atoms with Crippen LogP contribution in [0.1, 0.15) is 96.4 Å². The molecule has 13 rings (SSSR count). The Bertz CT molecular complexity index is 4540. The number of hydrogen-bond donors (Lipinski definition) is 4. The molecule has 0 unspecified atom stereocenters. The molecule has 0 bridgehead atoms. The van der Waals surface area contributed by atoms with Crippen LogP contribution < -0.4 is 0 Å². The quantitative estimate of drug-likeness (QED) is 0.0627. The van der Waals surface area contributed by atoms with Gasteiger partial charge in [0.15, 0.2) is 23.5 Å². The van der Waals surface area contributed by atoms with E-state index in [1.807, 2.05) is 6.07 Å². The SMILES string of the molecule is Cc1ncnn2c([C@]3(C#N)O[C@H](COC(=O)c4ccccc4)[C@@H](OC(=O)c4ccccc4)[C@@]3(C)F)ccc12.Cc1ncnn2c([C@]3(O)O[C@H](CO)[C@@H](O)[C@@]3(C)F)ccc12.Cc1ncnn2c([C@]3(O)O[C@H](COC(=O)c4ccccc4)[C@@H](OC(=O)c4ccccc4)[C@@]3(C)F)ccc12. The fourth-order valence-electron chi connectivity index (χ4n) is 11.8. The van der Waals surface area contributed by atoms with Crippen LogP contribution in [0, 0.1) is 32.1 Å². The minimum Gasteiger partial charge on any atom is -0.459 e. The average Bonchev–Trinajstić information content (AvgIpc) is 1.56. The molecule has 4 N–H and O–H groups in total. The van der Waals surface area contributed by atoms with E-state index in [0.717, 1.165) is 20.8 Å². The van der Waals surface area contributed by atoms with E-state index < -0.39 is 115 Å². The van der Waals surface area contributed by atoms with Crippen molar-refractivity contribution in [3.05, 3.63) is 233 Å². The van der Waals surface area contributed by atoms with Crippen LogP contribution in [0.5, 0.6) is 0 Å². The summed E-state index contributed by atoms with van der Waals surface area (Å²) in [5, 5.41) is 64.1. The third-order valence-electron chi connectivity index (χ3n) is 17.2. The highest BCUT2D eigenvalue weighted by atomic mass is 19.2. The number of rotatable bonds is 14. The van der Waals surface area contributed by atoms with E-state index in [4.69, 9.17) is 38.3 Å². The van der Waals surface area contributed by atoms with Gasteiger partial charge in [-0.2, -0.15) is 20.6 Å². The van der Waals surface area contributed by atoms with Gasteiger partial charge in [-0.15, -0.1) is 0 Å². The number of carbonyl (C=O) groups is 4. The van der Waals surface area contributed by atoms with Gasteiger partial charge < -0.3 is 53.6 Å². The van der Waals surface area contributed by atoms with Crippen LogP contribution in [-0.4, -0.2) is 162 Å². The predicted octanol–water partition coefficient (Wildman–Crippen LogP) is 7.02. The Morgan fingerprint density at radius 2 is 0.823 bits per heavy atom. The van der Waals surface area contributed by atoms with Crippen LogP contribution in [0.3, 0.4) is 0 Å². The van der Waals surface area contributed by atoms with Gasteiger partial charge in [-0.3, -0.25) is 0 Å². The first kappa shape index (κ1) is 67.1. The molecule has 3 saturated heterocycles. The number of fused-ring (bicyclic) bond motifs is 3. The smallest absolute Gasteiger partial charge is 0.338 e. The monoisotopic (exact) mass is 1320 g/mol. The van der Waals surface area contributed by atoms with E-state index in [2.05, 4.69) is 30.2 Å². The fraction of sp³-hybridized carbons (Fsp3) is 0.309.